The van der Waals surface area contributed by atoms with Crippen LogP contribution in [0.1, 0.15) is 81.3 Å². The summed E-state index contributed by atoms with van der Waals surface area (Å²) >= 11 is 0. The highest BCUT2D eigenvalue weighted by Gasteiger charge is 2.66. The first kappa shape index (κ1) is 50.7. The molecule has 2 aliphatic carbocycles. The van der Waals surface area contributed by atoms with Crippen LogP contribution in [0.25, 0.3) is 10.8 Å². The zero-order valence-electron chi connectivity index (χ0n) is 40.5. The average molecular weight is 997 g/mol. The number of nitro benzene ring substituents is 2. The minimum Gasteiger partial charge on any atom is -0.459 e. The monoisotopic (exact) mass is 996 g/mol. The van der Waals surface area contributed by atoms with Gasteiger partial charge in [-0.1, -0.05) is 78.7 Å². The first-order chi connectivity index (χ1) is 35.6. The number of benzene rings is 5. The van der Waals surface area contributed by atoms with Crippen molar-refractivity contribution in [1.82, 2.24) is 4.90 Å². The maximum absolute atomic E-state index is 15.4. The number of hydrogen-bond acceptors (Lipinski definition) is 14. The number of unbranched alkanes of at least 4 members (excludes halogenated alkanes) is 2. The molecule has 382 valence electrons. The Morgan fingerprint density at radius 2 is 1.59 bits per heavy atom. The number of oxime groups is 1. The second kappa shape index (κ2) is 23.1. The topological polar surface area (TPSA) is 215 Å². The number of amides is 1. The minimum atomic E-state index is -1.68. The zero-order chi connectivity index (χ0) is 50.9. The molecule has 0 aromatic heterocycles. The molecule has 1 amide bonds. The van der Waals surface area contributed by atoms with Crippen molar-refractivity contribution in [2.75, 3.05) is 26.4 Å². The third-order valence-corrected chi connectivity index (χ3v) is 14.4. The third-order valence-electron chi connectivity index (χ3n) is 14.4. The second-order valence-corrected chi connectivity index (χ2v) is 18.9. The lowest BCUT2D eigenvalue weighted by Crippen LogP contribution is -2.70. The Kier molecular flexibility index (Phi) is 16.1. The number of carbonyl (C=O) groups is 1. The van der Waals surface area contributed by atoms with Crippen LogP contribution in [0.3, 0.4) is 0 Å². The highest BCUT2D eigenvalue weighted by Crippen LogP contribution is 2.62. The molecule has 5 aromatic carbocycles. The predicted octanol–water partition coefficient (Wildman–Crippen LogP) is 11.3. The van der Waals surface area contributed by atoms with Crippen molar-refractivity contribution in [3.05, 3.63) is 165 Å². The molecule has 0 bridgehead atoms. The van der Waals surface area contributed by atoms with Gasteiger partial charge in [-0.15, -0.1) is 6.58 Å². The first-order valence-electron chi connectivity index (χ1n) is 25.1. The number of carbonyl (C=O) groups excluding carboxylic acids is 1. The minimum absolute atomic E-state index is 0.00324. The Morgan fingerprint density at radius 1 is 0.849 bits per heavy atom. The largest absolute Gasteiger partial charge is 0.459 e. The molecular weight excluding hydrogens is 937 g/mol. The molecule has 4 aliphatic rings. The Labute approximate surface area is 422 Å². The van der Waals surface area contributed by atoms with Gasteiger partial charge >= 0.3 is 6.09 Å². The van der Waals surface area contributed by atoms with E-state index in [1.54, 1.807) is 35.2 Å². The number of fused-ring (bicyclic) bond motifs is 3. The van der Waals surface area contributed by atoms with E-state index in [1.807, 2.05) is 48.5 Å². The molecule has 2 heterocycles. The van der Waals surface area contributed by atoms with E-state index in [9.17, 15) is 30.4 Å². The Hall–Kier alpha value is -7.18. The molecule has 1 saturated heterocycles. The van der Waals surface area contributed by atoms with Gasteiger partial charge in [0.05, 0.1) is 47.3 Å². The van der Waals surface area contributed by atoms with E-state index in [-0.39, 0.29) is 67.5 Å². The van der Waals surface area contributed by atoms with Crippen molar-refractivity contribution < 1.29 is 53.4 Å². The summed E-state index contributed by atoms with van der Waals surface area (Å²) in [5.41, 5.74) is 2.64. The molecular formula is C56H60N4O13. The van der Waals surface area contributed by atoms with Gasteiger partial charge in [0.2, 0.25) is 12.1 Å². The Balaban J connectivity index is 1.26. The summed E-state index contributed by atoms with van der Waals surface area (Å²) < 4.78 is 33.3. The van der Waals surface area contributed by atoms with E-state index in [1.165, 1.54) is 36.4 Å². The van der Waals surface area contributed by atoms with Crippen LogP contribution in [0, 0.1) is 38.0 Å². The molecule has 17 nitrogen and oxygen atoms in total. The molecule has 1 unspecified atom stereocenters. The summed E-state index contributed by atoms with van der Waals surface area (Å²) in [6, 6.07) is 29.5. The third kappa shape index (κ3) is 11.1. The lowest BCUT2D eigenvalue weighted by molar-refractivity contribution is -0.385. The van der Waals surface area contributed by atoms with Gasteiger partial charge in [-0.3, -0.25) is 25.1 Å². The highest BCUT2D eigenvalue weighted by atomic mass is 16.8. The number of aliphatic hydroxyl groups is 2. The summed E-state index contributed by atoms with van der Waals surface area (Å²) in [5, 5.41) is 50.4. The Morgan fingerprint density at radius 3 is 2.34 bits per heavy atom. The SMILES string of the molecule is C=CCO[C@@]12Oc3ccc(Oc4cccc([N+](=O)[O-])c4)cc3[C@H]3[C@H](CCCCO)[C@@H](CCCCO)C=C(C(=NOC4CCCCO4)C[C@@H]1N(Cc1cccc4ccccc14)C(=O)Oc1ccc([N+](=O)[O-])cc1)[C@H]32. The van der Waals surface area contributed by atoms with Gasteiger partial charge in [0, 0.05) is 55.7 Å². The van der Waals surface area contributed by atoms with E-state index in [2.05, 4.69) is 12.7 Å². The summed E-state index contributed by atoms with van der Waals surface area (Å²) in [6.45, 7) is 4.61. The smallest absolute Gasteiger partial charge is 0.416 e. The summed E-state index contributed by atoms with van der Waals surface area (Å²) in [6.07, 6.45) is 8.93. The second-order valence-electron chi connectivity index (χ2n) is 18.9. The van der Waals surface area contributed by atoms with Gasteiger partial charge in [-0.05, 0) is 109 Å². The van der Waals surface area contributed by atoms with Crippen LogP contribution in [0.5, 0.6) is 23.0 Å². The van der Waals surface area contributed by atoms with Crippen LogP contribution < -0.4 is 14.2 Å². The lowest BCUT2D eigenvalue weighted by Gasteiger charge is -2.59. The normalized spacial score (nSPS) is 23.5. The van der Waals surface area contributed by atoms with Gasteiger partial charge in [0.1, 0.15) is 29.0 Å². The molecule has 7 atom stereocenters. The molecule has 73 heavy (non-hydrogen) atoms. The van der Waals surface area contributed by atoms with Crippen LogP contribution in [0.15, 0.2) is 139 Å². The van der Waals surface area contributed by atoms with Gasteiger partial charge in [0.15, 0.2) is 0 Å². The molecule has 1 saturated carbocycles. The number of allylic oxidation sites excluding steroid dienone is 1. The molecule has 0 spiro atoms. The number of rotatable bonds is 21. The summed E-state index contributed by atoms with van der Waals surface area (Å²) in [7, 11) is 0. The van der Waals surface area contributed by atoms with Crippen LogP contribution >= 0.6 is 0 Å². The van der Waals surface area contributed by atoms with Crippen LogP contribution in [-0.2, 0) is 20.9 Å². The summed E-state index contributed by atoms with van der Waals surface area (Å²) in [5.74, 6) is -1.77. The molecule has 0 radical (unpaired) electrons. The van der Waals surface area contributed by atoms with Gasteiger partial charge in [-0.25, -0.2) is 4.79 Å². The van der Waals surface area contributed by atoms with Gasteiger partial charge in [0.25, 0.3) is 11.4 Å². The van der Waals surface area contributed by atoms with Crippen LogP contribution in [0.4, 0.5) is 16.2 Å². The van der Waals surface area contributed by atoms with E-state index >= 15 is 4.79 Å². The van der Waals surface area contributed by atoms with E-state index < -0.39 is 45.9 Å². The van der Waals surface area contributed by atoms with E-state index in [0.29, 0.717) is 55.9 Å². The first-order valence-corrected chi connectivity index (χ1v) is 25.1. The van der Waals surface area contributed by atoms with E-state index in [0.717, 1.165) is 53.2 Å². The molecule has 2 aliphatic heterocycles. The fourth-order valence-corrected chi connectivity index (χ4v) is 11.1. The van der Waals surface area contributed by atoms with Gasteiger partial charge < -0.3 is 38.7 Å². The molecule has 2 fully saturated rings. The van der Waals surface area contributed by atoms with Crippen molar-refractivity contribution in [3.8, 4) is 23.0 Å². The maximum Gasteiger partial charge on any atom is 0.416 e. The van der Waals surface area contributed by atoms with Gasteiger partial charge in [-0.2, -0.15) is 0 Å². The fourth-order valence-electron chi connectivity index (χ4n) is 11.1. The molecule has 9 rings (SSSR count). The maximum atomic E-state index is 15.4. The van der Waals surface area contributed by atoms with Crippen LogP contribution in [-0.4, -0.2) is 81.3 Å². The number of hydrogen-bond donors (Lipinski definition) is 2. The lowest BCUT2D eigenvalue weighted by atomic mass is 9.55. The fraction of sp³-hybridized carbons (Fsp3) is 0.393. The van der Waals surface area contributed by atoms with Crippen LogP contribution in [0.2, 0.25) is 0 Å². The molecule has 17 heteroatoms. The van der Waals surface area contributed by atoms with Crippen molar-refractivity contribution in [3.63, 3.8) is 0 Å². The van der Waals surface area contributed by atoms with Crippen molar-refractivity contribution in [1.29, 1.82) is 0 Å². The summed E-state index contributed by atoms with van der Waals surface area (Å²) in [4.78, 5) is 45.8. The van der Waals surface area contributed by atoms with Crippen molar-refractivity contribution in [2.45, 2.75) is 94.8 Å². The quantitative estimate of drug-likeness (QED) is 0.0303. The average Bonchev–Trinajstić information content (AvgIpc) is 3.41. The van der Waals surface area contributed by atoms with Crippen molar-refractivity contribution >= 4 is 34.0 Å². The molecule has 2 N–H and O–H groups in total. The number of aliphatic hydroxyl groups excluding tert-OH is 2. The standard InChI is InChI=1S/C56H60N4O13/c1-2-30-69-56-51(58(36-39-16-11-15-37-13-3-4-19-45(37)39)55(63)71-42-24-22-40(23-25-42)59(64)65)35-49(57-73-52-21-7-10-31-68-52)47-32-38(14-5-8-28-61)46(20-6-9-29-62)53(54(47)56)48-34-44(26-27-50(48)72-56)70-43-18-12-17-41(33-43)60(66)67/h2-4,11-13,15-19,22-27,32-34,38,46,51-54,61-62H,1,5-10,14,20-21,28-31,35-36H2/t38-,46+,51-,52?,53+,54+,56+/m0/s1. The number of non-ortho nitro benzene ring substituents is 2. The van der Waals surface area contributed by atoms with Crippen molar-refractivity contribution in [2.24, 2.45) is 22.9 Å². The highest BCUT2D eigenvalue weighted by molar-refractivity contribution is 6.03. The number of nitro groups is 2. The van der Waals surface area contributed by atoms with E-state index in [4.69, 9.17) is 33.7 Å². The number of nitrogens with zero attached hydrogens (tertiary/aromatic N) is 4. The zero-order valence-corrected chi connectivity index (χ0v) is 40.5. The number of ether oxygens (including phenoxy) is 5. The molecule has 5 aromatic rings. The Bertz CT molecular complexity index is 2840. The predicted molar refractivity (Wildman–Crippen MR) is 271 cm³/mol.